The summed E-state index contributed by atoms with van der Waals surface area (Å²) in [4.78, 5) is 0. The summed E-state index contributed by atoms with van der Waals surface area (Å²) in [6.07, 6.45) is 8.37. The van der Waals surface area contributed by atoms with Crippen molar-refractivity contribution in [3.05, 3.63) is 0 Å². The molecule has 0 aromatic carbocycles. The van der Waals surface area contributed by atoms with Crippen molar-refractivity contribution in [2.75, 3.05) is 0 Å². The van der Waals surface area contributed by atoms with Crippen LogP contribution in [0.15, 0.2) is 0 Å². The van der Waals surface area contributed by atoms with Gasteiger partial charge < -0.3 is 0 Å². The Labute approximate surface area is 93.4 Å². The maximum atomic E-state index is 6.19. The third-order valence-corrected chi connectivity index (χ3v) is 5.11. The molecule has 0 nitrogen and oxygen atoms in total. The zero-order chi connectivity index (χ0) is 10.1. The lowest BCUT2D eigenvalue weighted by Crippen LogP contribution is -2.25. The van der Waals surface area contributed by atoms with Gasteiger partial charge >= 0.3 is 0 Å². The van der Waals surface area contributed by atoms with E-state index in [0.29, 0.717) is 5.38 Å². The van der Waals surface area contributed by atoms with Gasteiger partial charge in [-0.05, 0) is 55.8 Å². The van der Waals surface area contributed by atoms with Crippen molar-refractivity contribution in [2.45, 2.75) is 57.7 Å². The molecule has 2 rings (SSSR count). The first-order chi connectivity index (χ1) is 6.66. The number of halogens is 1. The van der Waals surface area contributed by atoms with Crippen LogP contribution in [0.5, 0.6) is 0 Å². The fourth-order valence-corrected chi connectivity index (χ4v) is 3.76. The number of alkyl halides is 1. The molecule has 14 heavy (non-hydrogen) atoms. The molecule has 0 radical (unpaired) electrons. The Kier molecular flexibility index (Phi) is 3.42. The van der Waals surface area contributed by atoms with Crippen LogP contribution in [-0.2, 0) is 0 Å². The van der Waals surface area contributed by atoms with Crippen molar-refractivity contribution in [1.82, 2.24) is 0 Å². The highest BCUT2D eigenvalue weighted by atomic mass is 35.5. The molecular formula is C13H23Cl. The molecule has 2 fully saturated rings. The molecule has 82 valence electrons. The van der Waals surface area contributed by atoms with Gasteiger partial charge in [0.25, 0.3) is 0 Å². The van der Waals surface area contributed by atoms with Gasteiger partial charge in [-0.15, -0.1) is 11.6 Å². The zero-order valence-corrected chi connectivity index (χ0v) is 10.3. The van der Waals surface area contributed by atoms with Crippen molar-refractivity contribution in [3.63, 3.8) is 0 Å². The Morgan fingerprint density at radius 1 is 0.786 bits per heavy atom. The van der Waals surface area contributed by atoms with Crippen LogP contribution in [0.1, 0.15) is 52.4 Å². The van der Waals surface area contributed by atoms with Crippen molar-refractivity contribution in [2.24, 2.45) is 23.7 Å². The Morgan fingerprint density at radius 3 is 2.00 bits per heavy atom. The van der Waals surface area contributed by atoms with E-state index in [0.717, 1.165) is 23.7 Å². The number of hydrogen-bond donors (Lipinski definition) is 0. The molecule has 0 aromatic rings. The van der Waals surface area contributed by atoms with E-state index in [9.17, 15) is 0 Å². The van der Waals surface area contributed by atoms with E-state index in [2.05, 4.69) is 13.8 Å². The topological polar surface area (TPSA) is 0 Å². The summed E-state index contributed by atoms with van der Waals surface area (Å²) in [5.74, 6) is 3.87. The van der Waals surface area contributed by atoms with E-state index >= 15 is 0 Å². The summed E-state index contributed by atoms with van der Waals surface area (Å²) < 4.78 is 0. The van der Waals surface area contributed by atoms with Crippen LogP contribution in [0.25, 0.3) is 0 Å². The average Bonchev–Trinajstić information content (AvgIpc) is 2.57. The van der Waals surface area contributed by atoms with E-state index in [1.54, 1.807) is 0 Å². The molecule has 2 saturated carbocycles. The summed E-state index contributed by atoms with van der Waals surface area (Å²) in [7, 11) is 0. The molecule has 0 bridgehead atoms. The lowest BCUT2D eigenvalue weighted by molar-refractivity contribution is 0.158. The Bertz CT molecular complexity index is 190. The molecule has 0 spiro atoms. The van der Waals surface area contributed by atoms with Crippen LogP contribution in [0, 0.1) is 23.7 Å². The van der Waals surface area contributed by atoms with E-state index in [1.807, 2.05) is 0 Å². The Hall–Kier alpha value is 0.290. The smallest absolute Gasteiger partial charge is 0.0338 e. The normalized spacial score (nSPS) is 49.5. The van der Waals surface area contributed by atoms with Gasteiger partial charge in [-0.1, -0.05) is 20.3 Å². The second-order valence-corrected chi connectivity index (χ2v) is 6.32. The number of rotatable bonds is 1. The molecule has 5 unspecified atom stereocenters. The summed E-state index contributed by atoms with van der Waals surface area (Å²) >= 11 is 6.19. The number of hydrogen-bond acceptors (Lipinski definition) is 0. The fourth-order valence-electron chi connectivity index (χ4n) is 3.40. The minimum absolute atomic E-state index is 0.495. The van der Waals surface area contributed by atoms with Gasteiger partial charge in [0, 0.05) is 5.38 Å². The van der Waals surface area contributed by atoms with Gasteiger partial charge in [-0.25, -0.2) is 0 Å². The SMILES string of the molecule is CC1CCC(C2CCC(Cl)C2)CC1C. The second-order valence-electron chi connectivity index (χ2n) is 5.70. The van der Waals surface area contributed by atoms with Crippen molar-refractivity contribution in [3.8, 4) is 0 Å². The van der Waals surface area contributed by atoms with E-state index in [1.165, 1.54) is 38.5 Å². The largest absolute Gasteiger partial charge is 0.123 e. The van der Waals surface area contributed by atoms with Gasteiger partial charge in [-0.2, -0.15) is 0 Å². The van der Waals surface area contributed by atoms with Crippen LogP contribution < -0.4 is 0 Å². The molecular weight excluding hydrogens is 192 g/mol. The van der Waals surface area contributed by atoms with Crippen LogP contribution in [0.3, 0.4) is 0 Å². The van der Waals surface area contributed by atoms with Gasteiger partial charge in [0.2, 0.25) is 0 Å². The van der Waals surface area contributed by atoms with Crippen molar-refractivity contribution < 1.29 is 0 Å². The standard InChI is InChI=1S/C13H23Cl/c1-9-3-4-11(7-10(9)2)12-5-6-13(14)8-12/h9-13H,3-8H2,1-2H3. The average molecular weight is 215 g/mol. The first-order valence-corrected chi connectivity index (χ1v) is 6.74. The highest BCUT2D eigenvalue weighted by Gasteiger charge is 2.34. The quantitative estimate of drug-likeness (QED) is 0.566. The minimum Gasteiger partial charge on any atom is -0.123 e. The third-order valence-electron chi connectivity index (χ3n) is 4.71. The lowest BCUT2D eigenvalue weighted by atomic mass is 9.71. The Balaban J connectivity index is 1.87. The first-order valence-electron chi connectivity index (χ1n) is 6.31. The van der Waals surface area contributed by atoms with E-state index in [-0.39, 0.29) is 0 Å². The van der Waals surface area contributed by atoms with Crippen LogP contribution in [0.4, 0.5) is 0 Å². The second kappa shape index (κ2) is 4.43. The van der Waals surface area contributed by atoms with Gasteiger partial charge in [-0.3, -0.25) is 0 Å². The lowest BCUT2D eigenvalue weighted by Gasteiger charge is -2.35. The predicted molar refractivity (Wildman–Crippen MR) is 62.7 cm³/mol. The molecule has 0 amide bonds. The van der Waals surface area contributed by atoms with E-state index < -0.39 is 0 Å². The summed E-state index contributed by atoms with van der Waals surface area (Å²) in [6.45, 7) is 4.85. The highest BCUT2D eigenvalue weighted by molar-refractivity contribution is 6.20. The van der Waals surface area contributed by atoms with Gasteiger partial charge in [0.15, 0.2) is 0 Å². The molecule has 5 atom stereocenters. The van der Waals surface area contributed by atoms with Crippen LogP contribution in [0.2, 0.25) is 0 Å². The predicted octanol–water partition coefficient (Wildman–Crippen LogP) is 4.47. The van der Waals surface area contributed by atoms with Crippen LogP contribution in [-0.4, -0.2) is 5.38 Å². The maximum absolute atomic E-state index is 6.19. The van der Waals surface area contributed by atoms with Crippen LogP contribution >= 0.6 is 11.6 Å². The molecule has 2 aliphatic carbocycles. The van der Waals surface area contributed by atoms with Crippen molar-refractivity contribution >= 4 is 11.6 Å². The summed E-state index contributed by atoms with van der Waals surface area (Å²) in [6, 6.07) is 0. The monoisotopic (exact) mass is 214 g/mol. The van der Waals surface area contributed by atoms with Gasteiger partial charge in [0.1, 0.15) is 0 Å². The molecule has 0 heterocycles. The Morgan fingerprint density at radius 2 is 1.43 bits per heavy atom. The fraction of sp³-hybridized carbons (Fsp3) is 1.00. The minimum atomic E-state index is 0.495. The zero-order valence-electron chi connectivity index (χ0n) is 9.51. The molecule has 1 heteroatoms. The van der Waals surface area contributed by atoms with Gasteiger partial charge in [0.05, 0.1) is 0 Å². The molecule has 0 saturated heterocycles. The molecule has 0 aromatic heterocycles. The molecule has 0 N–H and O–H groups in total. The third kappa shape index (κ3) is 2.27. The van der Waals surface area contributed by atoms with E-state index in [4.69, 9.17) is 11.6 Å². The summed E-state index contributed by atoms with van der Waals surface area (Å²) in [5.41, 5.74) is 0. The molecule has 0 aliphatic heterocycles. The maximum Gasteiger partial charge on any atom is 0.0338 e. The molecule has 2 aliphatic rings. The van der Waals surface area contributed by atoms with Crippen molar-refractivity contribution in [1.29, 1.82) is 0 Å². The highest BCUT2D eigenvalue weighted by Crippen LogP contribution is 2.43. The first kappa shape index (κ1) is 10.8. The summed E-state index contributed by atoms with van der Waals surface area (Å²) in [5, 5.41) is 0.495.